The van der Waals surface area contributed by atoms with Crippen LogP contribution in [0.4, 0.5) is 5.13 Å². The molecule has 1 aromatic heterocycles. The van der Waals surface area contributed by atoms with Crippen molar-refractivity contribution < 1.29 is 0 Å². The minimum absolute atomic E-state index is 0.637. The molecule has 2 nitrogen and oxygen atoms in total. The van der Waals surface area contributed by atoms with Crippen molar-refractivity contribution in [1.82, 2.24) is 4.98 Å². The van der Waals surface area contributed by atoms with Crippen LogP contribution in [0.5, 0.6) is 0 Å². The van der Waals surface area contributed by atoms with Crippen LogP contribution < -0.4 is 5.32 Å². The molecule has 18 heavy (non-hydrogen) atoms. The summed E-state index contributed by atoms with van der Waals surface area (Å²) in [5.41, 5.74) is 3.91. The third-order valence-electron chi connectivity index (χ3n) is 2.81. The van der Waals surface area contributed by atoms with Crippen LogP contribution in [0.1, 0.15) is 25.0 Å². The summed E-state index contributed by atoms with van der Waals surface area (Å²) in [6.07, 6.45) is 1.96. The van der Waals surface area contributed by atoms with Crippen molar-refractivity contribution in [2.24, 2.45) is 5.92 Å². The molecule has 0 radical (unpaired) electrons. The van der Waals surface area contributed by atoms with Gasteiger partial charge in [0.25, 0.3) is 0 Å². The molecule has 0 bridgehead atoms. The van der Waals surface area contributed by atoms with Gasteiger partial charge in [-0.25, -0.2) is 4.98 Å². The molecule has 2 rings (SSSR count). The summed E-state index contributed by atoms with van der Waals surface area (Å²) in [4.78, 5) is 5.67. The Kier molecular flexibility index (Phi) is 4.02. The second-order valence-electron chi connectivity index (χ2n) is 5.12. The topological polar surface area (TPSA) is 24.9 Å². The molecule has 1 N–H and O–H groups in total. The van der Waals surface area contributed by atoms with Crippen LogP contribution in [0, 0.1) is 19.8 Å². The zero-order valence-corrected chi connectivity index (χ0v) is 12.3. The Labute approximate surface area is 113 Å². The van der Waals surface area contributed by atoms with E-state index in [0.717, 1.165) is 11.7 Å². The third-order valence-corrected chi connectivity index (χ3v) is 3.80. The molecule has 1 aromatic carbocycles. The maximum atomic E-state index is 4.44. The van der Waals surface area contributed by atoms with E-state index in [1.807, 2.05) is 6.20 Å². The SMILES string of the molecule is Cc1ccc(-c2cnc(NCC(C)C)s2)c(C)c1. The van der Waals surface area contributed by atoms with E-state index >= 15 is 0 Å². The number of nitrogens with zero attached hydrogens (tertiary/aromatic N) is 1. The van der Waals surface area contributed by atoms with Gasteiger partial charge in [-0.15, -0.1) is 0 Å². The molecule has 0 atom stereocenters. The number of benzene rings is 1. The molecule has 0 aliphatic carbocycles. The fraction of sp³-hybridized carbons (Fsp3) is 0.400. The number of hydrogen-bond acceptors (Lipinski definition) is 3. The Morgan fingerprint density at radius 2 is 2.06 bits per heavy atom. The fourth-order valence-corrected chi connectivity index (χ4v) is 2.78. The zero-order valence-electron chi connectivity index (χ0n) is 11.4. The molecule has 3 heteroatoms. The largest absolute Gasteiger partial charge is 0.361 e. The standard InChI is InChI=1S/C15H20N2S/c1-10(2)8-16-15-17-9-14(18-15)13-6-5-11(3)7-12(13)4/h5-7,9-10H,8H2,1-4H3,(H,16,17). The van der Waals surface area contributed by atoms with Crippen molar-refractivity contribution >= 4 is 16.5 Å². The summed E-state index contributed by atoms with van der Waals surface area (Å²) in [5, 5.41) is 4.39. The van der Waals surface area contributed by atoms with Gasteiger partial charge in [-0.05, 0) is 30.9 Å². The van der Waals surface area contributed by atoms with Crippen LogP contribution in [-0.4, -0.2) is 11.5 Å². The molecule has 0 unspecified atom stereocenters. The molecule has 0 fully saturated rings. The zero-order chi connectivity index (χ0) is 13.1. The number of anilines is 1. The van der Waals surface area contributed by atoms with Crippen LogP contribution in [0.2, 0.25) is 0 Å². The quantitative estimate of drug-likeness (QED) is 0.875. The molecular weight excluding hydrogens is 240 g/mol. The first-order valence-electron chi connectivity index (χ1n) is 6.33. The first kappa shape index (κ1) is 13.1. The first-order chi connectivity index (χ1) is 8.56. The van der Waals surface area contributed by atoms with Gasteiger partial charge in [0.15, 0.2) is 5.13 Å². The first-order valence-corrected chi connectivity index (χ1v) is 7.15. The summed E-state index contributed by atoms with van der Waals surface area (Å²) in [7, 11) is 0. The second kappa shape index (κ2) is 5.53. The van der Waals surface area contributed by atoms with E-state index in [1.54, 1.807) is 11.3 Å². The lowest BCUT2D eigenvalue weighted by atomic mass is 10.1. The molecule has 96 valence electrons. The Morgan fingerprint density at radius 3 is 2.72 bits per heavy atom. The Morgan fingerprint density at radius 1 is 1.28 bits per heavy atom. The smallest absolute Gasteiger partial charge is 0.183 e. The molecule has 0 aliphatic rings. The maximum Gasteiger partial charge on any atom is 0.183 e. The molecule has 1 heterocycles. The molecule has 0 amide bonds. The molecule has 0 saturated heterocycles. The normalized spacial score (nSPS) is 10.9. The van der Waals surface area contributed by atoms with Gasteiger partial charge < -0.3 is 5.32 Å². The van der Waals surface area contributed by atoms with Gasteiger partial charge in [0.2, 0.25) is 0 Å². The van der Waals surface area contributed by atoms with Gasteiger partial charge in [0, 0.05) is 12.7 Å². The minimum Gasteiger partial charge on any atom is -0.361 e. The van der Waals surface area contributed by atoms with E-state index < -0.39 is 0 Å². The fourth-order valence-electron chi connectivity index (χ4n) is 1.86. The summed E-state index contributed by atoms with van der Waals surface area (Å²) in [6, 6.07) is 6.56. The lowest BCUT2D eigenvalue weighted by Crippen LogP contribution is -2.07. The highest BCUT2D eigenvalue weighted by atomic mass is 32.1. The van der Waals surface area contributed by atoms with Gasteiger partial charge in [0.1, 0.15) is 0 Å². The Balaban J connectivity index is 2.18. The highest BCUT2D eigenvalue weighted by molar-refractivity contribution is 7.18. The van der Waals surface area contributed by atoms with Crippen molar-refractivity contribution in [1.29, 1.82) is 0 Å². The van der Waals surface area contributed by atoms with Crippen LogP contribution in [0.15, 0.2) is 24.4 Å². The van der Waals surface area contributed by atoms with Crippen LogP contribution in [0.25, 0.3) is 10.4 Å². The predicted molar refractivity (Wildman–Crippen MR) is 80.4 cm³/mol. The van der Waals surface area contributed by atoms with E-state index in [2.05, 4.69) is 56.2 Å². The van der Waals surface area contributed by atoms with Crippen molar-refractivity contribution in [3.63, 3.8) is 0 Å². The van der Waals surface area contributed by atoms with E-state index in [-0.39, 0.29) is 0 Å². The van der Waals surface area contributed by atoms with Gasteiger partial charge in [-0.3, -0.25) is 0 Å². The monoisotopic (exact) mass is 260 g/mol. The van der Waals surface area contributed by atoms with Gasteiger partial charge in [-0.2, -0.15) is 0 Å². The molecule has 0 spiro atoms. The number of rotatable bonds is 4. The second-order valence-corrected chi connectivity index (χ2v) is 6.15. The van der Waals surface area contributed by atoms with Crippen molar-refractivity contribution in [2.75, 3.05) is 11.9 Å². The lowest BCUT2D eigenvalue weighted by molar-refractivity contribution is 0.688. The maximum absolute atomic E-state index is 4.44. The number of nitrogens with one attached hydrogen (secondary N) is 1. The third kappa shape index (κ3) is 3.10. The number of hydrogen-bond donors (Lipinski definition) is 1. The van der Waals surface area contributed by atoms with E-state index in [1.165, 1.54) is 21.6 Å². The lowest BCUT2D eigenvalue weighted by Gasteiger charge is -2.05. The van der Waals surface area contributed by atoms with Gasteiger partial charge in [0.05, 0.1) is 4.88 Å². The molecule has 2 aromatic rings. The Hall–Kier alpha value is -1.35. The highest BCUT2D eigenvalue weighted by Crippen LogP contribution is 2.31. The highest BCUT2D eigenvalue weighted by Gasteiger charge is 2.07. The predicted octanol–water partition coefficient (Wildman–Crippen LogP) is 4.49. The summed E-state index contributed by atoms with van der Waals surface area (Å²) in [6.45, 7) is 9.65. The van der Waals surface area contributed by atoms with Crippen LogP contribution in [-0.2, 0) is 0 Å². The molecular formula is C15H20N2S. The van der Waals surface area contributed by atoms with Crippen molar-refractivity contribution in [3.8, 4) is 10.4 Å². The van der Waals surface area contributed by atoms with E-state index in [0.29, 0.717) is 5.92 Å². The number of aromatic nitrogens is 1. The van der Waals surface area contributed by atoms with E-state index in [4.69, 9.17) is 0 Å². The Bertz CT molecular complexity index is 529. The summed E-state index contributed by atoms with van der Waals surface area (Å²) >= 11 is 1.73. The summed E-state index contributed by atoms with van der Waals surface area (Å²) in [5.74, 6) is 0.637. The van der Waals surface area contributed by atoms with Crippen LogP contribution >= 0.6 is 11.3 Å². The van der Waals surface area contributed by atoms with Crippen LogP contribution in [0.3, 0.4) is 0 Å². The average Bonchev–Trinajstić information content (AvgIpc) is 2.75. The molecule has 0 aliphatic heterocycles. The van der Waals surface area contributed by atoms with Crippen molar-refractivity contribution in [2.45, 2.75) is 27.7 Å². The van der Waals surface area contributed by atoms with E-state index in [9.17, 15) is 0 Å². The van der Waals surface area contributed by atoms with Gasteiger partial charge in [-0.1, -0.05) is 48.9 Å². The average molecular weight is 260 g/mol. The minimum atomic E-state index is 0.637. The van der Waals surface area contributed by atoms with Crippen molar-refractivity contribution in [3.05, 3.63) is 35.5 Å². The summed E-state index contributed by atoms with van der Waals surface area (Å²) < 4.78 is 0. The number of aryl methyl sites for hydroxylation is 2. The number of thiazole rings is 1. The van der Waals surface area contributed by atoms with Gasteiger partial charge >= 0.3 is 0 Å². The molecule has 0 saturated carbocycles.